The largest absolute Gasteiger partial charge is 0.371 e. The summed E-state index contributed by atoms with van der Waals surface area (Å²) in [4.78, 5) is 2.46. The Morgan fingerprint density at radius 2 is 1.94 bits per heavy atom. The van der Waals surface area contributed by atoms with E-state index in [-0.39, 0.29) is 6.04 Å². The van der Waals surface area contributed by atoms with E-state index in [0.717, 1.165) is 0 Å². The SMILES string of the molecule is CN1c2ccccc2C(N)C2CCCCC21. The summed E-state index contributed by atoms with van der Waals surface area (Å²) in [5.41, 5.74) is 9.12. The van der Waals surface area contributed by atoms with Gasteiger partial charge in [0.05, 0.1) is 0 Å². The zero-order valence-corrected chi connectivity index (χ0v) is 9.89. The maximum absolute atomic E-state index is 6.44. The van der Waals surface area contributed by atoms with Crippen molar-refractivity contribution in [1.29, 1.82) is 0 Å². The highest BCUT2D eigenvalue weighted by Crippen LogP contribution is 2.44. The molecule has 2 heteroatoms. The standard InChI is InChI=1S/C14H20N2/c1-16-12-8-4-2-6-10(12)14(15)11-7-3-5-9-13(11)16/h2,4,6,8,11,13-14H,3,5,7,9,15H2,1H3. The number of nitrogens with two attached hydrogens (primary N) is 1. The van der Waals surface area contributed by atoms with E-state index in [9.17, 15) is 0 Å². The second-order valence-corrected chi connectivity index (χ2v) is 5.21. The first-order valence-corrected chi connectivity index (χ1v) is 6.36. The molecule has 0 radical (unpaired) electrons. The molecule has 0 aromatic heterocycles. The quantitative estimate of drug-likeness (QED) is 0.722. The van der Waals surface area contributed by atoms with Crippen molar-refractivity contribution < 1.29 is 0 Å². The van der Waals surface area contributed by atoms with Gasteiger partial charge in [-0.3, -0.25) is 0 Å². The molecule has 1 aromatic rings. The van der Waals surface area contributed by atoms with Crippen LogP contribution in [0.5, 0.6) is 0 Å². The molecule has 1 heterocycles. The predicted molar refractivity (Wildman–Crippen MR) is 67.5 cm³/mol. The van der Waals surface area contributed by atoms with Gasteiger partial charge in [-0.15, -0.1) is 0 Å². The van der Waals surface area contributed by atoms with E-state index in [1.807, 2.05) is 0 Å². The highest BCUT2D eigenvalue weighted by molar-refractivity contribution is 5.58. The van der Waals surface area contributed by atoms with Crippen LogP contribution in [0.3, 0.4) is 0 Å². The summed E-state index contributed by atoms with van der Waals surface area (Å²) in [7, 11) is 2.23. The van der Waals surface area contributed by atoms with Gasteiger partial charge in [-0.05, 0) is 30.4 Å². The molecule has 16 heavy (non-hydrogen) atoms. The van der Waals surface area contributed by atoms with Crippen LogP contribution in [0.15, 0.2) is 24.3 Å². The fraction of sp³-hybridized carbons (Fsp3) is 0.571. The van der Waals surface area contributed by atoms with Crippen molar-refractivity contribution in [3.05, 3.63) is 29.8 Å². The van der Waals surface area contributed by atoms with E-state index >= 15 is 0 Å². The van der Waals surface area contributed by atoms with Crippen molar-refractivity contribution in [3.8, 4) is 0 Å². The monoisotopic (exact) mass is 216 g/mol. The fourth-order valence-corrected chi connectivity index (χ4v) is 3.54. The van der Waals surface area contributed by atoms with Crippen LogP contribution in [-0.4, -0.2) is 13.1 Å². The highest BCUT2D eigenvalue weighted by Gasteiger charge is 2.38. The molecule has 1 aliphatic carbocycles. The molecule has 1 saturated carbocycles. The molecule has 1 fully saturated rings. The first-order chi connectivity index (χ1) is 7.79. The Labute approximate surface area is 97.4 Å². The first kappa shape index (κ1) is 10.2. The van der Waals surface area contributed by atoms with Crippen molar-refractivity contribution in [2.24, 2.45) is 11.7 Å². The summed E-state index contributed by atoms with van der Waals surface area (Å²) in [6.07, 6.45) is 5.32. The van der Waals surface area contributed by atoms with Gasteiger partial charge in [-0.2, -0.15) is 0 Å². The number of benzene rings is 1. The maximum atomic E-state index is 6.44. The molecule has 2 aliphatic rings. The van der Waals surface area contributed by atoms with Gasteiger partial charge < -0.3 is 10.6 Å². The molecule has 3 rings (SSSR count). The molecule has 3 unspecified atom stereocenters. The van der Waals surface area contributed by atoms with Crippen molar-refractivity contribution >= 4 is 5.69 Å². The number of para-hydroxylation sites is 1. The second-order valence-electron chi connectivity index (χ2n) is 5.21. The normalized spacial score (nSPS) is 33.1. The Kier molecular flexibility index (Phi) is 2.40. The number of rotatable bonds is 0. The van der Waals surface area contributed by atoms with Gasteiger partial charge >= 0.3 is 0 Å². The minimum Gasteiger partial charge on any atom is -0.371 e. The minimum atomic E-state index is 0.248. The molecule has 3 atom stereocenters. The Bertz CT molecular complexity index is 351. The minimum absolute atomic E-state index is 0.248. The van der Waals surface area contributed by atoms with Crippen LogP contribution < -0.4 is 10.6 Å². The molecule has 0 spiro atoms. The average molecular weight is 216 g/mol. The Morgan fingerprint density at radius 1 is 1.19 bits per heavy atom. The van der Waals surface area contributed by atoms with Gasteiger partial charge in [-0.1, -0.05) is 31.0 Å². The first-order valence-electron chi connectivity index (χ1n) is 6.36. The number of anilines is 1. The molecular weight excluding hydrogens is 196 g/mol. The Balaban J connectivity index is 2.05. The van der Waals surface area contributed by atoms with Crippen molar-refractivity contribution in [2.75, 3.05) is 11.9 Å². The molecule has 1 aromatic carbocycles. The van der Waals surface area contributed by atoms with Crippen LogP contribution >= 0.6 is 0 Å². The molecule has 1 aliphatic heterocycles. The third-order valence-electron chi connectivity index (χ3n) is 4.42. The van der Waals surface area contributed by atoms with E-state index in [1.54, 1.807) is 0 Å². The molecular formula is C14H20N2. The van der Waals surface area contributed by atoms with Crippen LogP contribution in [0.1, 0.15) is 37.3 Å². The maximum Gasteiger partial charge on any atom is 0.0414 e. The van der Waals surface area contributed by atoms with Crippen LogP contribution in [0.25, 0.3) is 0 Å². The highest BCUT2D eigenvalue weighted by atomic mass is 15.2. The van der Waals surface area contributed by atoms with E-state index in [2.05, 4.69) is 36.2 Å². The number of nitrogens with zero attached hydrogens (tertiary/aromatic N) is 1. The van der Waals surface area contributed by atoms with Crippen molar-refractivity contribution in [3.63, 3.8) is 0 Å². The van der Waals surface area contributed by atoms with Crippen LogP contribution in [0.2, 0.25) is 0 Å². The summed E-state index contributed by atoms with van der Waals surface area (Å²) in [5, 5.41) is 0. The fourth-order valence-electron chi connectivity index (χ4n) is 3.54. The molecule has 0 bridgehead atoms. The van der Waals surface area contributed by atoms with Gasteiger partial charge in [0.25, 0.3) is 0 Å². The molecule has 0 saturated heterocycles. The lowest BCUT2D eigenvalue weighted by Gasteiger charge is -2.47. The summed E-state index contributed by atoms with van der Waals surface area (Å²) < 4.78 is 0. The number of fused-ring (bicyclic) bond motifs is 2. The Morgan fingerprint density at radius 3 is 2.81 bits per heavy atom. The van der Waals surface area contributed by atoms with E-state index in [1.165, 1.54) is 36.9 Å². The summed E-state index contributed by atoms with van der Waals surface area (Å²) in [6, 6.07) is 9.54. The lowest BCUT2D eigenvalue weighted by atomic mass is 9.74. The van der Waals surface area contributed by atoms with E-state index in [4.69, 9.17) is 5.73 Å². The predicted octanol–water partition coefficient (Wildman–Crippen LogP) is 2.70. The summed E-state index contributed by atoms with van der Waals surface area (Å²) in [6.45, 7) is 0. The zero-order valence-electron chi connectivity index (χ0n) is 9.89. The smallest absolute Gasteiger partial charge is 0.0414 e. The van der Waals surface area contributed by atoms with Crippen LogP contribution in [-0.2, 0) is 0 Å². The van der Waals surface area contributed by atoms with Gasteiger partial charge in [0.1, 0.15) is 0 Å². The lowest BCUT2D eigenvalue weighted by molar-refractivity contribution is 0.246. The molecule has 0 amide bonds. The van der Waals surface area contributed by atoms with Gasteiger partial charge in [-0.25, -0.2) is 0 Å². The molecule has 86 valence electrons. The third kappa shape index (κ3) is 1.36. The number of hydrogen-bond donors (Lipinski definition) is 1. The van der Waals surface area contributed by atoms with Gasteiger partial charge in [0, 0.05) is 24.8 Å². The molecule has 2 N–H and O–H groups in total. The topological polar surface area (TPSA) is 29.3 Å². The number of hydrogen-bond acceptors (Lipinski definition) is 2. The lowest BCUT2D eigenvalue weighted by Crippen LogP contribution is -2.48. The van der Waals surface area contributed by atoms with E-state index < -0.39 is 0 Å². The van der Waals surface area contributed by atoms with Crippen LogP contribution in [0.4, 0.5) is 5.69 Å². The third-order valence-corrected chi connectivity index (χ3v) is 4.42. The van der Waals surface area contributed by atoms with Gasteiger partial charge in [0.15, 0.2) is 0 Å². The summed E-state index contributed by atoms with van der Waals surface area (Å²) in [5.74, 6) is 0.661. The van der Waals surface area contributed by atoms with Crippen molar-refractivity contribution in [1.82, 2.24) is 0 Å². The van der Waals surface area contributed by atoms with Crippen molar-refractivity contribution in [2.45, 2.75) is 37.8 Å². The van der Waals surface area contributed by atoms with Gasteiger partial charge in [0.2, 0.25) is 0 Å². The molecule has 2 nitrogen and oxygen atoms in total. The average Bonchev–Trinajstić information content (AvgIpc) is 2.36. The summed E-state index contributed by atoms with van der Waals surface area (Å²) >= 11 is 0. The van der Waals surface area contributed by atoms with Crippen LogP contribution in [0, 0.1) is 5.92 Å². The Hall–Kier alpha value is -1.02. The second kappa shape index (κ2) is 3.77. The van der Waals surface area contributed by atoms with E-state index in [0.29, 0.717) is 12.0 Å². The zero-order chi connectivity index (χ0) is 11.1.